The third-order valence-electron chi connectivity index (χ3n) is 4.91. The first-order valence-corrected chi connectivity index (χ1v) is 9.04. The number of urea groups is 1. The van der Waals surface area contributed by atoms with Gasteiger partial charge >= 0.3 is 6.03 Å². The molecule has 1 aromatic carbocycles. The molecular formula is C20H23N5O. The highest BCUT2D eigenvalue weighted by Crippen LogP contribution is 2.28. The minimum absolute atomic E-state index is 0.0782. The summed E-state index contributed by atoms with van der Waals surface area (Å²) in [4.78, 5) is 26.9. The van der Waals surface area contributed by atoms with E-state index in [4.69, 9.17) is 4.98 Å². The number of anilines is 1. The van der Waals surface area contributed by atoms with Crippen molar-refractivity contribution in [1.82, 2.24) is 19.9 Å². The number of hydrogen-bond acceptors (Lipinski definition) is 3. The van der Waals surface area contributed by atoms with Crippen LogP contribution in [0.2, 0.25) is 0 Å². The molecule has 2 amide bonds. The monoisotopic (exact) mass is 349 g/mol. The third kappa shape index (κ3) is 3.40. The first-order valence-electron chi connectivity index (χ1n) is 9.04. The zero-order valence-corrected chi connectivity index (χ0v) is 15.1. The van der Waals surface area contributed by atoms with E-state index in [2.05, 4.69) is 15.3 Å². The largest absolute Gasteiger partial charge is 0.342 e. The second kappa shape index (κ2) is 6.78. The number of H-pyrrole nitrogens is 1. The summed E-state index contributed by atoms with van der Waals surface area (Å²) < 4.78 is 0. The summed E-state index contributed by atoms with van der Waals surface area (Å²) in [5, 5.41) is 2.92. The van der Waals surface area contributed by atoms with Crippen LogP contribution in [0.4, 0.5) is 10.6 Å². The standard InChI is InChI=1S/C20H23N5O/c1-13-11-14(2)21-18(12-13)24-20(26)25-9-7-15(8-10-25)19-22-16-5-3-4-6-17(16)23-19/h3-6,11-12,15H,7-10H2,1-2H3,(H,22,23)(H,21,24,26). The van der Waals surface area contributed by atoms with Gasteiger partial charge in [-0.05, 0) is 56.5 Å². The van der Waals surface area contributed by atoms with Gasteiger partial charge in [0.15, 0.2) is 0 Å². The maximum atomic E-state index is 12.5. The smallest absolute Gasteiger partial charge is 0.323 e. The van der Waals surface area contributed by atoms with E-state index in [9.17, 15) is 4.79 Å². The molecule has 0 atom stereocenters. The SMILES string of the molecule is Cc1cc(C)nc(NC(=O)N2CCC(c3nc4ccccc4[nH]3)CC2)c1. The van der Waals surface area contributed by atoms with Crippen LogP contribution in [0, 0.1) is 13.8 Å². The molecule has 26 heavy (non-hydrogen) atoms. The van der Waals surface area contributed by atoms with Gasteiger partial charge < -0.3 is 9.88 Å². The van der Waals surface area contributed by atoms with Gasteiger partial charge in [-0.25, -0.2) is 14.8 Å². The first-order chi connectivity index (χ1) is 12.6. The van der Waals surface area contributed by atoms with Crippen molar-refractivity contribution in [3.8, 4) is 0 Å². The Morgan fingerprint density at radius 2 is 1.92 bits per heavy atom. The van der Waals surface area contributed by atoms with Gasteiger partial charge in [-0.1, -0.05) is 12.1 Å². The van der Waals surface area contributed by atoms with Crippen LogP contribution in [-0.2, 0) is 0 Å². The van der Waals surface area contributed by atoms with E-state index < -0.39 is 0 Å². The number of rotatable bonds is 2. The molecule has 2 N–H and O–H groups in total. The van der Waals surface area contributed by atoms with Crippen LogP contribution in [0.15, 0.2) is 36.4 Å². The van der Waals surface area contributed by atoms with E-state index in [1.54, 1.807) is 0 Å². The number of carbonyl (C=O) groups is 1. The Morgan fingerprint density at radius 3 is 2.65 bits per heavy atom. The van der Waals surface area contributed by atoms with Gasteiger partial charge in [0.1, 0.15) is 11.6 Å². The topological polar surface area (TPSA) is 73.9 Å². The van der Waals surface area contributed by atoms with Crippen molar-refractivity contribution in [2.24, 2.45) is 0 Å². The summed E-state index contributed by atoms with van der Waals surface area (Å²) in [7, 11) is 0. The van der Waals surface area contributed by atoms with E-state index in [0.717, 1.165) is 54.0 Å². The zero-order chi connectivity index (χ0) is 18.1. The Kier molecular flexibility index (Phi) is 4.32. The fourth-order valence-electron chi connectivity index (χ4n) is 3.62. The highest BCUT2D eigenvalue weighted by Gasteiger charge is 2.26. The Bertz CT molecular complexity index is 887. The summed E-state index contributed by atoms with van der Waals surface area (Å²) >= 11 is 0. The van der Waals surface area contributed by atoms with E-state index in [1.165, 1.54) is 0 Å². The van der Waals surface area contributed by atoms with Gasteiger partial charge in [0.2, 0.25) is 0 Å². The van der Waals surface area contributed by atoms with E-state index >= 15 is 0 Å². The summed E-state index contributed by atoms with van der Waals surface area (Å²) in [5.41, 5.74) is 4.08. The number of benzene rings is 1. The van der Waals surface area contributed by atoms with Gasteiger partial charge in [0.05, 0.1) is 11.0 Å². The average Bonchev–Trinajstić information content (AvgIpc) is 3.05. The van der Waals surface area contributed by atoms with Crippen molar-refractivity contribution < 1.29 is 4.79 Å². The lowest BCUT2D eigenvalue weighted by Crippen LogP contribution is -2.40. The highest BCUT2D eigenvalue weighted by molar-refractivity contribution is 5.88. The molecule has 3 aromatic rings. The Labute approximate surface area is 152 Å². The van der Waals surface area contributed by atoms with Crippen LogP contribution in [0.5, 0.6) is 0 Å². The molecule has 0 radical (unpaired) electrons. The molecule has 4 rings (SSSR count). The van der Waals surface area contributed by atoms with Crippen molar-refractivity contribution in [2.75, 3.05) is 18.4 Å². The maximum Gasteiger partial charge on any atom is 0.323 e. The Hall–Kier alpha value is -2.89. The fraction of sp³-hybridized carbons (Fsp3) is 0.350. The lowest BCUT2D eigenvalue weighted by Gasteiger charge is -2.31. The lowest BCUT2D eigenvalue weighted by atomic mass is 9.96. The number of aromatic amines is 1. The minimum atomic E-state index is -0.0782. The molecule has 134 valence electrons. The van der Waals surface area contributed by atoms with Crippen molar-refractivity contribution >= 4 is 22.9 Å². The molecule has 6 heteroatoms. The van der Waals surface area contributed by atoms with Crippen LogP contribution in [0.1, 0.15) is 35.8 Å². The normalized spacial score (nSPS) is 15.4. The molecule has 1 aliphatic rings. The van der Waals surface area contributed by atoms with Crippen molar-refractivity contribution in [3.05, 3.63) is 53.5 Å². The zero-order valence-electron chi connectivity index (χ0n) is 15.1. The van der Waals surface area contributed by atoms with Crippen molar-refractivity contribution in [3.63, 3.8) is 0 Å². The number of aromatic nitrogens is 3. The Morgan fingerprint density at radius 1 is 1.15 bits per heavy atom. The number of fused-ring (bicyclic) bond motifs is 1. The number of likely N-dealkylation sites (tertiary alicyclic amines) is 1. The van der Waals surface area contributed by atoms with Crippen molar-refractivity contribution in [1.29, 1.82) is 0 Å². The first kappa shape index (κ1) is 16.6. The fourth-order valence-corrected chi connectivity index (χ4v) is 3.62. The Balaban J connectivity index is 1.39. The van der Waals surface area contributed by atoms with Gasteiger partial charge in [-0.15, -0.1) is 0 Å². The third-order valence-corrected chi connectivity index (χ3v) is 4.91. The van der Waals surface area contributed by atoms with E-state index in [-0.39, 0.29) is 6.03 Å². The van der Waals surface area contributed by atoms with Gasteiger partial charge in [0, 0.05) is 24.7 Å². The van der Waals surface area contributed by atoms with E-state index in [0.29, 0.717) is 11.7 Å². The second-order valence-corrected chi connectivity index (χ2v) is 7.00. The number of amides is 2. The molecule has 0 bridgehead atoms. The molecule has 0 unspecified atom stereocenters. The van der Waals surface area contributed by atoms with Crippen LogP contribution in [0.25, 0.3) is 11.0 Å². The van der Waals surface area contributed by atoms with Crippen LogP contribution in [0.3, 0.4) is 0 Å². The molecular weight excluding hydrogens is 326 g/mol. The molecule has 2 aromatic heterocycles. The van der Waals surface area contributed by atoms with Crippen molar-refractivity contribution in [2.45, 2.75) is 32.6 Å². The summed E-state index contributed by atoms with van der Waals surface area (Å²) in [6.45, 7) is 5.38. The minimum Gasteiger partial charge on any atom is -0.342 e. The molecule has 0 saturated carbocycles. The second-order valence-electron chi connectivity index (χ2n) is 7.00. The van der Waals surface area contributed by atoms with Gasteiger partial charge in [0.25, 0.3) is 0 Å². The molecule has 3 heterocycles. The number of hydrogen-bond donors (Lipinski definition) is 2. The molecule has 1 aliphatic heterocycles. The number of nitrogens with zero attached hydrogens (tertiary/aromatic N) is 3. The average molecular weight is 349 g/mol. The number of nitrogens with one attached hydrogen (secondary N) is 2. The number of carbonyl (C=O) groups excluding carboxylic acids is 1. The summed E-state index contributed by atoms with van der Waals surface area (Å²) in [6, 6.07) is 11.9. The van der Waals surface area contributed by atoms with Gasteiger partial charge in [-0.2, -0.15) is 0 Å². The number of imidazole rings is 1. The molecule has 1 saturated heterocycles. The molecule has 6 nitrogen and oxygen atoms in total. The molecule has 1 fully saturated rings. The maximum absolute atomic E-state index is 12.5. The van der Waals surface area contributed by atoms with Gasteiger partial charge in [-0.3, -0.25) is 5.32 Å². The lowest BCUT2D eigenvalue weighted by molar-refractivity contribution is 0.193. The predicted molar refractivity (Wildman–Crippen MR) is 102 cm³/mol. The molecule has 0 spiro atoms. The summed E-state index contributed by atoms with van der Waals surface area (Å²) in [5.74, 6) is 2.01. The number of pyridine rings is 1. The number of piperidine rings is 1. The quantitative estimate of drug-likeness (QED) is 0.735. The predicted octanol–water partition coefficient (Wildman–Crippen LogP) is 3.99. The van der Waals surface area contributed by atoms with Crippen LogP contribution < -0.4 is 5.32 Å². The highest BCUT2D eigenvalue weighted by atomic mass is 16.2. The number of aryl methyl sites for hydroxylation is 2. The summed E-state index contributed by atoms with van der Waals surface area (Å²) in [6.07, 6.45) is 1.82. The molecule has 0 aliphatic carbocycles. The van der Waals surface area contributed by atoms with E-state index in [1.807, 2.05) is 55.1 Å². The van der Waals surface area contributed by atoms with Crippen LogP contribution >= 0.6 is 0 Å². The van der Waals surface area contributed by atoms with Crippen LogP contribution in [-0.4, -0.2) is 39.0 Å². The number of para-hydroxylation sites is 2.